The molecular weight excluding hydrogens is 1420 g/mol. The second-order valence-corrected chi connectivity index (χ2v) is 24.9. The van der Waals surface area contributed by atoms with Gasteiger partial charge in [0.05, 0.1) is 77.8 Å². The number of nitrogen functional groups attached to an aromatic ring is 1. The summed E-state index contributed by atoms with van der Waals surface area (Å²) in [4.78, 5) is 47.6. The highest BCUT2D eigenvalue weighted by Crippen LogP contribution is 2.41. The molecule has 3 atom stereocenters. The lowest BCUT2D eigenvalue weighted by atomic mass is 9.88. The summed E-state index contributed by atoms with van der Waals surface area (Å²) in [5.41, 5.74) is 4.60. The van der Waals surface area contributed by atoms with Crippen LogP contribution in [0.15, 0.2) is 200 Å². The molecule has 9 rings (SSSR count). The number of nitrogens with zero attached hydrogens (tertiary/aromatic N) is 7. The van der Waals surface area contributed by atoms with Crippen molar-refractivity contribution in [3.8, 4) is 51.6 Å². The van der Waals surface area contributed by atoms with Gasteiger partial charge in [-0.2, -0.15) is 55.3 Å². The van der Waals surface area contributed by atoms with Crippen LogP contribution in [0, 0.1) is 53.7 Å². The van der Waals surface area contributed by atoms with Gasteiger partial charge in [-0.05, 0) is 127 Å². The molecule has 14 nitrogen and oxygen atoms in total. The van der Waals surface area contributed by atoms with Crippen molar-refractivity contribution in [2.45, 2.75) is 88.2 Å². The van der Waals surface area contributed by atoms with E-state index in [0.717, 1.165) is 69.8 Å². The molecule has 530 valence electrons. The van der Waals surface area contributed by atoms with E-state index in [1.54, 1.807) is 54.4 Å². The number of anilines is 2. The summed E-state index contributed by atoms with van der Waals surface area (Å²) in [6.45, 7) is 24.4. The Bertz CT molecular complexity index is 4850. The Morgan fingerprint density at radius 3 is 1.13 bits per heavy atom. The molecule has 0 aliphatic rings. The Morgan fingerprint density at radius 2 is 0.779 bits per heavy atom. The first-order valence-electron chi connectivity index (χ1n) is 31.2. The number of aliphatic hydroxyl groups is 3. The molecule has 0 spiro atoms. The second-order valence-electron chi connectivity index (χ2n) is 24.3. The number of carbonyl (C=O) groups is 3. The number of halogens is 10. The number of rotatable bonds is 19. The van der Waals surface area contributed by atoms with Crippen LogP contribution in [-0.2, 0) is 58.6 Å². The van der Waals surface area contributed by atoms with Crippen molar-refractivity contribution in [3.63, 3.8) is 0 Å². The van der Waals surface area contributed by atoms with E-state index in [0.29, 0.717) is 40.0 Å². The summed E-state index contributed by atoms with van der Waals surface area (Å²) < 4.78 is 118. The van der Waals surface area contributed by atoms with Gasteiger partial charge in [-0.25, -0.2) is 14.5 Å². The van der Waals surface area contributed by atoms with Crippen LogP contribution in [0.1, 0.15) is 82.8 Å². The third kappa shape index (κ3) is 22.1. The molecule has 0 unspecified atom stereocenters. The minimum absolute atomic E-state index is 0.00883. The summed E-state index contributed by atoms with van der Waals surface area (Å²) >= 11 is 2.96. The summed E-state index contributed by atoms with van der Waals surface area (Å²) in [6.07, 6.45) is -14.9. The largest absolute Gasteiger partial charge is 0.407 e. The fraction of sp³-hybridized carbons (Fsp3) is 0.212. The topological polar surface area (TPSA) is 226 Å². The first-order valence-corrected chi connectivity index (χ1v) is 32.4. The maximum absolute atomic E-state index is 13.3. The van der Waals surface area contributed by atoms with Gasteiger partial charge in [-0.15, -0.1) is 0 Å². The number of alkyl halides is 10. The van der Waals surface area contributed by atoms with Gasteiger partial charge in [0.1, 0.15) is 16.8 Å². The first-order chi connectivity index (χ1) is 48.9. The van der Waals surface area contributed by atoms with Crippen LogP contribution >= 0.6 is 15.9 Å². The summed E-state index contributed by atoms with van der Waals surface area (Å²) in [5.74, 6) is -1.88. The third-order valence-corrected chi connectivity index (χ3v) is 17.3. The monoisotopic (exact) mass is 1480 g/mol. The smallest absolute Gasteiger partial charge is 0.399 e. The van der Waals surface area contributed by atoms with Gasteiger partial charge in [0.2, 0.25) is 0 Å². The van der Waals surface area contributed by atoms with E-state index in [1.165, 1.54) is 39.0 Å². The number of carbonyl (C=O) groups excluding carboxylic acids is 3. The van der Waals surface area contributed by atoms with Crippen molar-refractivity contribution >= 4 is 61.7 Å². The number of hydrogen-bond acceptors (Lipinski definition) is 11. The van der Waals surface area contributed by atoms with Crippen LogP contribution in [0.4, 0.5) is 68.0 Å². The van der Waals surface area contributed by atoms with Gasteiger partial charge < -0.3 is 26.0 Å². The Hall–Kier alpha value is -11.7. The number of likely N-dealkylation sites (N-methyl/N-ethyl adjacent to an activating group) is 1. The molecule has 0 radical (unpaired) electrons. The summed E-state index contributed by atoms with van der Waals surface area (Å²) in [5, 5.41) is 59.2. The molecule has 9 aromatic rings. The Balaban J connectivity index is 0.000000229. The number of nitriles is 3. The maximum Gasteiger partial charge on any atom is 0.407 e. The van der Waals surface area contributed by atoms with Crippen molar-refractivity contribution in [3.05, 3.63) is 290 Å². The fourth-order valence-corrected chi connectivity index (χ4v) is 10.7. The van der Waals surface area contributed by atoms with Crippen LogP contribution in [0.2, 0.25) is 0 Å². The fourth-order valence-electron chi connectivity index (χ4n) is 10.4. The van der Waals surface area contributed by atoms with Gasteiger partial charge in [-0.1, -0.05) is 168 Å². The van der Waals surface area contributed by atoms with Gasteiger partial charge in [0.15, 0.2) is 34.4 Å². The summed E-state index contributed by atoms with van der Waals surface area (Å²) in [6, 6.07) is 59.9. The predicted octanol–water partition coefficient (Wildman–Crippen LogP) is 18.4. The van der Waals surface area contributed by atoms with Crippen molar-refractivity contribution < 1.29 is 69.2 Å². The molecule has 9 aromatic carbocycles. The van der Waals surface area contributed by atoms with Gasteiger partial charge in [0.25, 0.3) is 0 Å². The Labute approximate surface area is 603 Å². The zero-order chi connectivity index (χ0) is 77.0. The third-order valence-electron chi connectivity index (χ3n) is 16.2. The predicted molar refractivity (Wildman–Crippen MR) is 381 cm³/mol. The average Bonchev–Trinajstić information content (AvgIpc) is 0.823. The molecule has 0 saturated carbocycles. The highest BCUT2D eigenvalue weighted by Gasteiger charge is 2.38. The van der Waals surface area contributed by atoms with Crippen molar-refractivity contribution in [2.24, 2.45) is 0 Å². The number of benzene rings is 9. The molecule has 24 heteroatoms. The highest BCUT2D eigenvalue weighted by molar-refractivity contribution is 9.09. The van der Waals surface area contributed by atoms with E-state index in [1.807, 2.05) is 103 Å². The lowest BCUT2D eigenvalue weighted by molar-refractivity contribution is -0.138. The van der Waals surface area contributed by atoms with Crippen molar-refractivity contribution in [1.29, 1.82) is 15.8 Å². The molecular formula is C80H64BrF9N8O6. The molecule has 0 amide bonds. The zero-order valence-electron chi connectivity index (χ0n) is 56.1. The van der Waals surface area contributed by atoms with Gasteiger partial charge in [-0.3, -0.25) is 14.4 Å². The minimum atomic E-state index is -4.73. The molecule has 104 heavy (non-hydrogen) atoms. The molecule has 5 N–H and O–H groups in total. The van der Waals surface area contributed by atoms with Crippen LogP contribution in [0.5, 0.6) is 0 Å². The molecule has 0 bridgehead atoms. The first kappa shape index (κ1) is 81.2. The summed E-state index contributed by atoms with van der Waals surface area (Å²) in [7, 11) is 1.67. The Kier molecular flexibility index (Phi) is 27.5. The molecule has 0 aliphatic carbocycles. The van der Waals surface area contributed by atoms with E-state index in [2.05, 4.69) is 48.7 Å². The van der Waals surface area contributed by atoms with Crippen LogP contribution < -0.4 is 10.6 Å². The molecule has 0 saturated heterocycles. The zero-order valence-corrected chi connectivity index (χ0v) is 57.6. The maximum atomic E-state index is 13.3. The van der Waals surface area contributed by atoms with E-state index < -0.39 is 99.3 Å². The van der Waals surface area contributed by atoms with Crippen LogP contribution in [0.25, 0.3) is 47.9 Å². The highest BCUT2D eigenvalue weighted by atomic mass is 79.9. The van der Waals surface area contributed by atoms with Gasteiger partial charge >= 0.3 is 18.5 Å². The molecule has 0 aromatic heterocycles. The quantitative estimate of drug-likeness (QED) is 0.0258. The number of Topliss-reactive ketones (excluding diaryl/α,β-unsaturated/α-hetero) is 3. The molecule has 0 fully saturated rings. The van der Waals surface area contributed by atoms with E-state index >= 15 is 0 Å². The minimum Gasteiger partial charge on any atom is -0.399 e. The number of nitrogens with two attached hydrogens (primary N) is 1. The Morgan fingerprint density at radius 1 is 0.452 bits per heavy atom. The van der Waals surface area contributed by atoms with Gasteiger partial charge in [0, 0.05) is 54.1 Å². The standard InChI is InChI=1S/C27H22F3N3O2.C27H21F3N2O2.C13H11BrF3NO2.C13H10N2/c1-26(35,25(34)14-18-9-12-24(32-2)23(13-18)27(28,29)30)17-33(3)21-11-10-20(16-31)22(15-21)19-7-5-4-6-8-19;1-26(34,25(33)16-19-9-11-24(32-2)23(15-19)27(28,29)30)13-12-18-8-10-21(17-31)22(14-18)20-6-4-3-5-7-20;1-12(20,7-14)11(19)6-8-3-4-10(18-2)9(5-8)13(15,16)17;14-9-11-6-7-12(15)8-13(11)10-4-2-1-3-5-10/h4-13,15,35H,14,17H2,1,3H3;3-11,14-15,34H,12-13,16H2,1H3;3-5,20H,6-7H2,1H3;1-8H,15H2/t2*26-;12-;/m000./s1. The number of hydrogen-bond donors (Lipinski definition) is 4. The second kappa shape index (κ2) is 35.2. The van der Waals surface area contributed by atoms with Crippen molar-refractivity contribution in [1.82, 2.24) is 0 Å². The van der Waals surface area contributed by atoms with E-state index in [9.17, 15) is 79.7 Å². The van der Waals surface area contributed by atoms with E-state index in [-0.39, 0.29) is 41.4 Å². The van der Waals surface area contributed by atoms with Crippen LogP contribution in [-0.4, -0.2) is 68.4 Å². The number of aryl methyl sites for hydroxylation is 1. The number of ketones is 3. The van der Waals surface area contributed by atoms with Crippen LogP contribution in [0.3, 0.4) is 0 Å². The average molecular weight is 1480 g/mol. The van der Waals surface area contributed by atoms with E-state index in [4.69, 9.17) is 30.7 Å². The molecule has 0 heterocycles. The normalized spacial score (nSPS) is 12.7. The lowest BCUT2D eigenvalue weighted by Gasteiger charge is -2.30. The van der Waals surface area contributed by atoms with Crippen molar-refractivity contribution in [2.75, 3.05) is 29.6 Å². The molecule has 0 aliphatic heterocycles. The lowest BCUT2D eigenvalue weighted by Crippen LogP contribution is -2.46. The SMILES string of the molecule is N#Cc1ccc(N)cc1-c1ccccc1.[C-]#[N+]c1ccc(CC(=O)[C@@](C)(O)CBr)cc1C(F)(F)F.[C-]#[N+]c1ccc(CC(=O)[C@@](C)(O)CCc2ccc(C#N)c(-c3ccccc3)c2)cc1C(F)(F)F.[C-]#[N+]c1ccc(CC(=O)[C@@](C)(O)CN(C)c2ccc(C#N)c(-c3ccccc3)c2)cc1C(F)(F)F.